The third kappa shape index (κ3) is 7.02. The third-order valence-electron chi connectivity index (χ3n) is 5.07. The Morgan fingerprint density at radius 3 is 2.17 bits per heavy atom. The highest BCUT2D eigenvalue weighted by atomic mass is 79.9. The fourth-order valence-corrected chi connectivity index (χ4v) is 4.79. The minimum Gasteiger partial charge on any atom is -0.484 e. The van der Waals surface area contributed by atoms with Crippen molar-refractivity contribution >= 4 is 37.5 Å². The molecule has 6 nitrogen and oxygen atoms in total. The molecular formula is C22H27BrN2O4S. The summed E-state index contributed by atoms with van der Waals surface area (Å²) in [6, 6.07) is 13.1. The van der Waals surface area contributed by atoms with Crippen molar-refractivity contribution < 1.29 is 17.9 Å². The summed E-state index contributed by atoms with van der Waals surface area (Å²) in [6.07, 6.45) is 8.08. The molecule has 2 aromatic rings. The van der Waals surface area contributed by atoms with Crippen molar-refractivity contribution in [1.29, 1.82) is 0 Å². The largest absolute Gasteiger partial charge is 0.484 e. The lowest BCUT2D eigenvalue weighted by molar-refractivity contribution is -0.123. The lowest BCUT2D eigenvalue weighted by Gasteiger charge is -2.21. The number of amides is 1. The van der Waals surface area contributed by atoms with Gasteiger partial charge in [-0.05, 0) is 61.4 Å². The maximum atomic E-state index is 12.5. The van der Waals surface area contributed by atoms with E-state index in [4.69, 9.17) is 4.74 Å². The lowest BCUT2D eigenvalue weighted by atomic mass is 9.97. The first kappa shape index (κ1) is 22.6. The van der Waals surface area contributed by atoms with Crippen LogP contribution in [0.5, 0.6) is 5.75 Å². The average Bonchev–Trinajstić information content (AvgIpc) is 2.70. The van der Waals surface area contributed by atoms with Crippen LogP contribution < -0.4 is 14.8 Å². The Morgan fingerprint density at radius 1 is 0.933 bits per heavy atom. The number of carbonyl (C=O) groups is 1. The van der Waals surface area contributed by atoms with Gasteiger partial charge in [-0.15, -0.1) is 0 Å². The Morgan fingerprint density at radius 2 is 1.53 bits per heavy atom. The zero-order valence-electron chi connectivity index (χ0n) is 16.8. The normalized spacial score (nSPS) is 15.6. The summed E-state index contributed by atoms with van der Waals surface area (Å²) in [7, 11) is -3.70. The summed E-state index contributed by atoms with van der Waals surface area (Å²) in [5.41, 5.74) is 0.476. The summed E-state index contributed by atoms with van der Waals surface area (Å²) in [5, 5.41) is 3.05. The van der Waals surface area contributed by atoms with Crippen molar-refractivity contribution in [3.8, 4) is 5.75 Å². The first-order valence-electron chi connectivity index (χ1n) is 10.2. The van der Waals surface area contributed by atoms with Crippen molar-refractivity contribution in [2.45, 2.75) is 55.9 Å². The second-order valence-electron chi connectivity index (χ2n) is 7.48. The van der Waals surface area contributed by atoms with Gasteiger partial charge < -0.3 is 10.1 Å². The molecule has 3 rings (SSSR count). The van der Waals surface area contributed by atoms with Gasteiger partial charge in [-0.1, -0.05) is 48.0 Å². The Balaban J connectivity index is 1.51. The SMILES string of the molecule is O=C(COc1ccc(S(=O)(=O)Nc2ccc(Br)cc2)cc1)NC1CCCCCCC1. The van der Waals surface area contributed by atoms with Crippen LogP contribution in [0.1, 0.15) is 44.9 Å². The number of anilines is 1. The van der Waals surface area contributed by atoms with Crippen LogP contribution in [0, 0.1) is 0 Å². The van der Waals surface area contributed by atoms with E-state index in [1.165, 1.54) is 31.4 Å². The highest BCUT2D eigenvalue weighted by Crippen LogP contribution is 2.21. The third-order valence-corrected chi connectivity index (χ3v) is 7.00. The van der Waals surface area contributed by atoms with Crippen LogP contribution in [0.3, 0.4) is 0 Å². The van der Waals surface area contributed by atoms with E-state index in [0.29, 0.717) is 11.4 Å². The van der Waals surface area contributed by atoms with Gasteiger partial charge >= 0.3 is 0 Å². The highest BCUT2D eigenvalue weighted by molar-refractivity contribution is 9.10. The number of nitrogens with one attached hydrogen (secondary N) is 2. The zero-order valence-corrected chi connectivity index (χ0v) is 19.2. The predicted octanol–water partition coefficient (Wildman–Crippen LogP) is 4.86. The van der Waals surface area contributed by atoms with Crippen LogP contribution in [-0.4, -0.2) is 27.0 Å². The van der Waals surface area contributed by atoms with Crippen molar-refractivity contribution in [2.75, 3.05) is 11.3 Å². The fraction of sp³-hybridized carbons (Fsp3) is 0.409. The molecule has 0 aromatic heterocycles. The van der Waals surface area contributed by atoms with E-state index in [9.17, 15) is 13.2 Å². The molecule has 1 aliphatic carbocycles. The highest BCUT2D eigenvalue weighted by Gasteiger charge is 2.16. The van der Waals surface area contributed by atoms with E-state index in [0.717, 1.165) is 30.2 Å². The molecule has 2 N–H and O–H groups in total. The maximum Gasteiger partial charge on any atom is 0.261 e. The van der Waals surface area contributed by atoms with Gasteiger partial charge in [-0.25, -0.2) is 8.42 Å². The average molecular weight is 495 g/mol. The van der Waals surface area contributed by atoms with Gasteiger partial charge in [0.05, 0.1) is 4.90 Å². The number of ether oxygens (including phenoxy) is 1. The van der Waals surface area contributed by atoms with Gasteiger partial charge in [0.2, 0.25) is 0 Å². The van der Waals surface area contributed by atoms with Crippen molar-refractivity contribution in [3.05, 3.63) is 53.0 Å². The van der Waals surface area contributed by atoms with Crippen LogP contribution >= 0.6 is 15.9 Å². The number of carbonyl (C=O) groups excluding carboxylic acids is 1. The standard InChI is InChI=1S/C22H27BrN2O4S/c23-17-8-10-19(11-9-17)25-30(27,28)21-14-12-20(13-15-21)29-16-22(26)24-18-6-4-2-1-3-5-7-18/h8-15,18,25H,1-7,16H2,(H,24,26). The van der Waals surface area contributed by atoms with Gasteiger partial charge in [0.25, 0.3) is 15.9 Å². The smallest absolute Gasteiger partial charge is 0.261 e. The van der Waals surface area contributed by atoms with E-state index in [1.807, 2.05) is 0 Å². The molecule has 0 atom stereocenters. The Bertz CT molecular complexity index is 923. The minimum atomic E-state index is -3.70. The van der Waals surface area contributed by atoms with E-state index >= 15 is 0 Å². The summed E-state index contributed by atoms with van der Waals surface area (Å²) in [4.78, 5) is 12.3. The van der Waals surface area contributed by atoms with Crippen molar-refractivity contribution in [3.63, 3.8) is 0 Å². The van der Waals surface area contributed by atoms with E-state index in [1.54, 1.807) is 36.4 Å². The van der Waals surface area contributed by atoms with E-state index in [-0.39, 0.29) is 23.5 Å². The minimum absolute atomic E-state index is 0.0836. The molecule has 0 spiro atoms. The summed E-state index contributed by atoms with van der Waals surface area (Å²) >= 11 is 3.32. The fourth-order valence-electron chi connectivity index (χ4n) is 3.47. The molecule has 1 amide bonds. The molecule has 0 heterocycles. The molecule has 0 bridgehead atoms. The first-order valence-corrected chi connectivity index (χ1v) is 12.5. The quantitative estimate of drug-likeness (QED) is 0.575. The molecule has 0 unspecified atom stereocenters. The molecule has 162 valence electrons. The molecule has 0 aliphatic heterocycles. The lowest BCUT2D eigenvalue weighted by Crippen LogP contribution is -2.38. The zero-order chi connectivity index (χ0) is 21.4. The molecule has 1 fully saturated rings. The molecule has 1 saturated carbocycles. The van der Waals surface area contributed by atoms with Gasteiger partial charge in [0.1, 0.15) is 5.75 Å². The summed E-state index contributed by atoms with van der Waals surface area (Å²) in [5.74, 6) is 0.305. The number of sulfonamides is 1. The Hall–Kier alpha value is -2.06. The number of benzene rings is 2. The van der Waals surface area contributed by atoms with Gasteiger partial charge in [0, 0.05) is 16.2 Å². The summed E-state index contributed by atoms with van der Waals surface area (Å²) < 4.78 is 34.0. The van der Waals surface area contributed by atoms with Gasteiger partial charge in [-0.2, -0.15) is 0 Å². The van der Waals surface area contributed by atoms with Crippen molar-refractivity contribution in [2.24, 2.45) is 0 Å². The molecule has 2 aromatic carbocycles. The summed E-state index contributed by atoms with van der Waals surface area (Å²) in [6.45, 7) is -0.0836. The number of halogens is 1. The van der Waals surface area contributed by atoms with Crippen LogP contribution in [0.2, 0.25) is 0 Å². The maximum absolute atomic E-state index is 12.5. The van der Waals surface area contributed by atoms with Gasteiger partial charge in [-0.3, -0.25) is 9.52 Å². The van der Waals surface area contributed by atoms with Crippen LogP contribution in [-0.2, 0) is 14.8 Å². The number of rotatable bonds is 7. The predicted molar refractivity (Wildman–Crippen MR) is 121 cm³/mol. The second-order valence-corrected chi connectivity index (χ2v) is 10.1. The molecule has 8 heteroatoms. The molecule has 1 aliphatic rings. The Kier molecular flexibility index (Phi) is 8.16. The van der Waals surface area contributed by atoms with Gasteiger partial charge in [0.15, 0.2) is 6.61 Å². The number of hydrogen-bond donors (Lipinski definition) is 2. The number of hydrogen-bond acceptors (Lipinski definition) is 4. The second kappa shape index (κ2) is 10.8. The Labute approximate surface area is 186 Å². The first-order chi connectivity index (χ1) is 14.4. The topological polar surface area (TPSA) is 84.5 Å². The molecular weight excluding hydrogens is 468 g/mol. The van der Waals surface area contributed by atoms with Crippen molar-refractivity contribution in [1.82, 2.24) is 5.32 Å². The molecule has 0 saturated heterocycles. The van der Waals surface area contributed by atoms with Crippen LogP contribution in [0.25, 0.3) is 0 Å². The molecule has 30 heavy (non-hydrogen) atoms. The van der Waals surface area contributed by atoms with Crippen LogP contribution in [0.4, 0.5) is 5.69 Å². The van der Waals surface area contributed by atoms with Crippen LogP contribution in [0.15, 0.2) is 57.9 Å². The van der Waals surface area contributed by atoms with E-state index < -0.39 is 10.0 Å². The monoisotopic (exact) mass is 494 g/mol. The molecule has 0 radical (unpaired) electrons. The van der Waals surface area contributed by atoms with E-state index in [2.05, 4.69) is 26.0 Å².